The van der Waals surface area contributed by atoms with Gasteiger partial charge in [-0.2, -0.15) is 0 Å². The first kappa shape index (κ1) is 7.03. The zero-order chi connectivity index (χ0) is 8.27. The maximum absolute atomic E-state index is 10.1. The number of aromatic amines is 1. The summed E-state index contributed by atoms with van der Waals surface area (Å²) in [5.41, 5.74) is 7.93. The Kier molecular flexibility index (Phi) is 1.71. The first-order valence-electron chi connectivity index (χ1n) is 2.48. The molecule has 56 valence electrons. The maximum atomic E-state index is 10.1. The summed E-state index contributed by atoms with van der Waals surface area (Å²) in [6.45, 7) is 0. The standard InChI is InChI=1S/C3H2N6O2/c4-8-7-2-3(9(10)11)6-1-5-2/h1H,(H,5,6). The van der Waals surface area contributed by atoms with Crippen LogP contribution in [0.15, 0.2) is 11.4 Å². The molecule has 1 rings (SSSR count). The summed E-state index contributed by atoms with van der Waals surface area (Å²) in [4.78, 5) is 17.4. The van der Waals surface area contributed by atoms with Crippen molar-refractivity contribution in [1.29, 1.82) is 0 Å². The molecule has 0 saturated heterocycles. The van der Waals surface area contributed by atoms with Crippen LogP contribution in [-0.2, 0) is 0 Å². The predicted octanol–water partition coefficient (Wildman–Crippen LogP) is 1.26. The summed E-state index contributed by atoms with van der Waals surface area (Å²) in [7, 11) is 0. The average Bonchev–Trinajstić information content (AvgIpc) is 2.36. The highest BCUT2D eigenvalue weighted by atomic mass is 16.6. The summed E-state index contributed by atoms with van der Waals surface area (Å²) in [6, 6.07) is 0. The third-order valence-corrected chi connectivity index (χ3v) is 0.918. The zero-order valence-electron chi connectivity index (χ0n) is 5.13. The van der Waals surface area contributed by atoms with Crippen LogP contribution in [0.4, 0.5) is 11.6 Å². The highest BCUT2D eigenvalue weighted by Gasteiger charge is 2.14. The highest BCUT2D eigenvalue weighted by Crippen LogP contribution is 2.20. The molecule has 0 spiro atoms. The van der Waals surface area contributed by atoms with E-state index in [9.17, 15) is 10.1 Å². The van der Waals surface area contributed by atoms with Gasteiger partial charge in [-0.05, 0) is 20.6 Å². The molecule has 0 aliphatic heterocycles. The minimum absolute atomic E-state index is 0.183. The smallest absolute Gasteiger partial charge is 0.358 e. The van der Waals surface area contributed by atoms with Gasteiger partial charge in [0.25, 0.3) is 0 Å². The van der Waals surface area contributed by atoms with Gasteiger partial charge in [0.05, 0.1) is 0 Å². The molecule has 1 aromatic heterocycles. The van der Waals surface area contributed by atoms with Gasteiger partial charge >= 0.3 is 5.82 Å². The van der Waals surface area contributed by atoms with E-state index in [2.05, 4.69) is 20.0 Å². The fourth-order valence-corrected chi connectivity index (χ4v) is 0.532. The second-order valence-electron chi connectivity index (χ2n) is 1.52. The van der Waals surface area contributed by atoms with Gasteiger partial charge in [0.15, 0.2) is 0 Å². The largest absolute Gasteiger partial charge is 0.391 e. The number of H-pyrrole nitrogens is 1. The number of nitro groups is 1. The van der Waals surface area contributed by atoms with Crippen molar-refractivity contribution in [3.8, 4) is 0 Å². The van der Waals surface area contributed by atoms with E-state index < -0.39 is 10.7 Å². The van der Waals surface area contributed by atoms with E-state index in [-0.39, 0.29) is 5.82 Å². The van der Waals surface area contributed by atoms with Crippen molar-refractivity contribution >= 4 is 11.6 Å². The molecular formula is C3H2N6O2. The molecule has 0 unspecified atom stereocenters. The summed E-state index contributed by atoms with van der Waals surface area (Å²) in [6.07, 6.45) is 1.09. The summed E-state index contributed by atoms with van der Waals surface area (Å²) in [5.74, 6) is -0.652. The van der Waals surface area contributed by atoms with Crippen LogP contribution in [0.2, 0.25) is 0 Å². The Morgan fingerprint density at radius 3 is 3.18 bits per heavy atom. The molecule has 0 radical (unpaired) electrons. The lowest BCUT2D eigenvalue weighted by Gasteiger charge is -1.86. The molecule has 0 aliphatic carbocycles. The summed E-state index contributed by atoms with van der Waals surface area (Å²) < 4.78 is 0. The highest BCUT2D eigenvalue weighted by molar-refractivity contribution is 5.44. The minimum atomic E-state index is -0.736. The third kappa shape index (κ3) is 1.25. The Balaban J connectivity index is 3.15. The molecular weight excluding hydrogens is 152 g/mol. The third-order valence-electron chi connectivity index (χ3n) is 0.918. The van der Waals surface area contributed by atoms with Gasteiger partial charge in [0, 0.05) is 4.91 Å². The Morgan fingerprint density at radius 2 is 2.64 bits per heavy atom. The molecule has 0 amide bonds. The first-order valence-corrected chi connectivity index (χ1v) is 2.48. The van der Waals surface area contributed by atoms with Crippen LogP contribution in [0, 0.1) is 10.1 Å². The molecule has 8 heteroatoms. The monoisotopic (exact) mass is 154 g/mol. The van der Waals surface area contributed by atoms with Crippen molar-refractivity contribution < 1.29 is 4.92 Å². The predicted molar refractivity (Wildman–Crippen MR) is 34.0 cm³/mol. The van der Waals surface area contributed by atoms with Gasteiger partial charge in [-0.15, -0.1) is 0 Å². The fraction of sp³-hybridized carbons (Fsp3) is 0. The van der Waals surface area contributed by atoms with Gasteiger partial charge in [0.2, 0.25) is 12.1 Å². The molecule has 11 heavy (non-hydrogen) atoms. The van der Waals surface area contributed by atoms with Crippen LogP contribution in [0.3, 0.4) is 0 Å². The number of nitrogens with one attached hydrogen (secondary N) is 1. The minimum Gasteiger partial charge on any atom is -0.358 e. The molecule has 1 heterocycles. The quantitative estimate of drug-likeness (QED) is 0.227. The van der Waals surface area contributed by atoms with Crippen molar-refractivity contribution in [3.63, 3.8) is 0 Å². The lowest BCUT2D eigenvalue weighted by atomic mass is 10.7. The summed E-state index contributed by atoms with van der Waals surface area (Å²) >= 11 is 0. The SMILES string of the molecule is [N-]=[N+]=Nc1[nH]cnc1[N+](=O)[O-]. The number of hydrogen-bond donors (Lipinski definition) is 1. The van der Waals surface area contributed by atoms with E-state index in [0.717, 1.165) is 6.33 Å². The van der Waals surface area contributed by atoms with Crippen LogP contribution in [-0.4, -0.2) is 14.9 Å². The van der Waals surface area contributed by atoms with Crippen molar-refractivity contribution in [2.75, 3.05) is 0 Å². The van der Waals surface area contributed by atoms with Gasteiger partial charge in [-0.3, -0.25) is 0 Å². The Labute approximate surface area is 59.6 Å². The Bertz CT molecular complexity index is 306. The van der Waals surface area contributed by atoms with Crippen molar-refractivity contribution in [2.45, 2.75) is 0 Å². The number of azide groups is 1. The van der Waals surface area contributed by atoms with Crippen LogP contribution in [0.1, 0.15) is 0 Å². The van der Waals surface area contributed by atoms with E-state index in [1.165, 1.54) is 0 Å². The second-order valence-corrected chi connectivity index (χ2v) is 1.52. The summed E-state index contributed by atoms with van der Waals surface area (Å²) in [5, 5.41) is 13.1. The van der Waals surface area contributed by atoms with Gasteiger partial charge in [-0.1, -0.05) is 0 Å². The van der Waals surface area contributed by atoms with Crippen molar-refractivity contribution in [2.24, 2.45) is 5.11 Å². The van der Waals surface area contributed by atoms with Crippen LogP contribution in [0.25, 0.3) is 10.4 Å². The van der Waals surface area contributed by atoms with E-state index in [1.807, 2.05) is 0 Å². The van der Waals surface area contributed by atoms with Crippen molar-refractivity contribution in [3.05, 3.63) is 26.9 Å². The molecule has 0 aromatic carbocycles. The van der Waals surface area contributed by atoms with E-state index in [4.69, 9.17) is 5.53 Å². The molecule has 8 nitrogen and oxygen atoms in total. The van der Waals surface area contributed by atoms with Gasteiger partial charge in [-0.25, -0.2) is 0 Å². The average molecular weight is 154 g/mol. The Morgan fingerprint density at radius 1 is 1.91 bits per heavy atom. The van der Waals surface area contributed by atoms with Gasteiger partial charge in [0.1, 0.15) is 0 Å². The molecule has 0 atom stereocenters. The van der Waals surface area contributed by atoms with E-state index >= 15 is 0 Å². The number of nitrogens with zero attached hydrogens (tertiary/aromatic N) is 5. The van der Waals surface area contributed by atoms with Crippen molar-refractivity contribution in [1.82, 2.24) is 9.97 Å². The number of imidazole rings is 1. The number of aromatic nitrogens is 2. The number of rotatable bonds is 2. The fourth-order valence-electron chi connectivity index (χ4n) is 0.532. The number of hydrogen-bond acceptors (Lipinski definition) is 4. The van der Waals surface area contributed by atoms with Crippen LogP contribution in [0.5, 0.6) is 0 Å². The van der Waals surface area contributed by atoms with Gasteiger partial charge < -0.3 is 15.1 Å². The second kappa shape index (κ2) is 2.67. The van der Waals surface area contributed by atoms with E-state index in [1.54, 1.807) is 0 Å². The van der Waals surface area contributed by atoms with Crippen LogP contribution < -0.4 is 0 Å². The molecule has 0 bridgehead atoms. The maximum Gasteiger partial charge on any atom is 0.391 e. The molecule has 0 saturated carbocycles. The van der Waals surface area contributed by atoms with E-state index in [0.29, 0.717) is 0 Å². The lowest BCUT2D eigenvalue weighted by Crippen LogP contribution is -1.86. The first-order chi connectivity index (χ1) is 5.25. The zero-order valence-corrected chi connectivity index (χ0v) is 5.13. The molecule has 1 aromatic rings. The Hall–Kier alpha value is -2.08. The molecule has 0 fully saturated rings. The molecule has 0 aliphatic rings. The normalized spacial score (nSPS) is 8.73. The topological polar surface area (TPSA) is 121 Å². The lowest BCUT2D eigenvalue weighted by molar-refractivity contribution is -0.388. The molecule has 1 N–H and O–H groups in total. The van der Waals surface area contributed by atoms with Crippen LogP contribution >= 0.6 is 0 Å².